The molecule has 0 spiro atoms. The Morgan fingerprint density at radius 1 is 0.955 bits per heavy atom. The van der Waals surface area contributed by atoms with Crippen molar-refractivity contribution in [2.24, 2.45) is 0 Å². The number of benzene rings is 2. The van der Waals surface area contributed by atoms with Gasteiger partial charge in [0.05, 0.1) is 16.9 Å². The second-order valence-corrected chi connectivity index (χ2v) is 5.49. The summed E-state index contributed by atoms with van der Waals surface area (Å²) in [6, 6.07) is 17.7. The molecule has 0 amide bonds. The summed E-state index contributed by atoms with van der Waals surface area (Å²) >= 11 is 0. The summed E-state index contributed by atoms with van der Waals surface area (Å²) in [6.07, 6.45) is 0. The van der Waals surface area contributed by atoms with E-state index in [1.165, 1.54) is 5.56 Å². The zero-order chi connectivity index (χ0) is 15.5. The van der Waals surface area contributed by atoms with E-state index >= 15 is 0 Å². The summed E-state index contributed by atoms with van der Waals surface area (Å²) in [5.41, 5.74) is 1.83. The van der Waals surface area contributed by atoms with Crippen molar-refractivity contribution >= 4 is 10.9 Å². The molecule has 0 bridgehead atoms. The van der Waals surface area contributed by atoms with E-state index < -0.39 is 0 Å². The van der Waals surface area contributed by atoms with Crippen molar-refractivity contribution in [1.82, 2.24) is 15.3 Å². The summed E-state index contributed by atoms with van der Waals surface area (Å²) in [7, 11) is 0. The van der Waals surface area contributed by atoms with Gasteiger partial charge in [0.1, 0.15) is 5.82 Å². The Balaban J connectivity index is 1.86. The van der Waals surface area contributed by atoms with Crippen LogP contribution in [0, 0.1) is 0 Å². The molecule has 2 N–H and O–H groups in total. The van der Waals surface area contributed by atoms with Gasteiger partial charge in [-0.25, -0.2) is 4.98 Å². The number of para-hydroxylation sites is 1. The second kappa shape index (κ2) is 6.12. The van der Waals surface area contributed by atoms with Gasteiger partial charge >= 0.3 is 0 Å². The smallest absolute Gasteiger partial charge is 0.258 e. The predicted octanol–water partition coefficient (Wildman–Crippen LogP) is 3.33. The van der Waals surface area contributed by atoms with Crippen LogP contribution in [0.15, 0.2) is 59.4 Å². The molecule has 1 aromatic heterocycles. The molecule has 22 heavy (non-hydrogen) atoms. The predicted molar refractivity (Wildman–Crippen MR) is 88.8 cm³/mol. The summed E-state index contributed by atoms with van der Waals surface area (Å²) in [5.74, 6) is 0.659. The molecular weight excluding hydrogens is 274 g/mol. The highest BCUT2D eigenvalue weighted by Gasteiger charge is 2.14. The maximum atomic E-state index is 12.1. The van der Waals surface area contributed by atoms with Crippen LogP contribution in [-0.4, -0.2) is 9.97 Å². The van der Waals surface area contributed by atoms with E-state index in [-0.39, 0.29) is 17.6 Å². The minimum absolute atomic E-state index is 0.0486. The zero-order valence-electron chi connectivity index (χ0n) is 12.7. The van der Waals surface area contributed by atoms with Crippen LogP contribution in [-0.2, 0) is 0 Å². The molecule has 0 aliphatic carbocycles. The Labute approximate surface area is 129 Å². The third kappa shape index (κ3) is 2.92. The Morgan fingerprint density at radius 3 is 2.41 bits per heavy atom. The van der Waals surface area contributed by atoms with Crippen LogP contribution >= 0.6 is 0 Å². The third-order valence-corrected chi connectivity index (χ3v) is 3.84. The van der Waals surface area contributed by atoms with Crippen molar-refractivity contribution in [2.75, 3.05) is 0 Å². The highest BCUT2D eigenvalue weighted by atomic mass is 16.1. The molecule has 3 aromatic rings. The molecule has 0 saturated heterocycles. The quantitative estimate of drug-likeness (QED) is 0.775. The van der Waals surface area contributed by atoms with Crippen molar-refractivity contribution in [3.63, 3.8) is 0 Å². The van der Waals surface area contributed by atoms with Crippen LogP contribution in [0.1, 0.15) is 37.3 Å². The fourth-order valence-electron chi connectivity index (χ4n) is 2.60. The second-order valence-electron chi connectivity index (χ2n) is 5.49. The molecule has 0 fully saturated rings. The fraction of sp³-hybridized carbons (Fsp3) is 0.222. The lowest BCUT2D eigenvalue weighted by molar-refractivity contribution is 0.477. The Bertz CT molecular complexity index is 826. The van der Waals surface area contributed by atoms with Crippen LogP contribution in [0.4, 0.5) is 0 Å². The van der Waals surface area contributed by atoms with Crippen LogP contribution in [0.5, 0.6) is 0 Å². The first-order valence-electron chi connectivity index (χ1n) is 7.45. The van der Waals surface area contributed by atoms with Gasteiger partial charge in [-0.1, -0.05) is 42.5 Å². The van der Waals surface area contributed by atoms with Gasteiger partial charge < -0.3 is 10.3 Å². The van der Waals surface area contributed by atoms with E-state index in [4.69, 9.17) is 0 Å². The number of rotatable bonds is 4. The number of aromatic amines is 1. The van der Waals surface area contributed by atoms with Crippen molar-refractivity contribution in [1.29, 1.82) is 0 Å². The van der Waals surface area contributed by atoms with E-state index in [1.54, 1.807) is 6.07 Å². The number of nitrogens with one attached hydrogen (secondary N) is 2. The van der Waals surface area contributed by atoms with Gasteiger partial charge in [-0.15, -0.1) is 0 Å². The molecule has 0 unspecified atom stereocenters. The molecule has 0 aliphatic heterocycles. The van der Waals surface area contributed by atoms with Crippen molar-refractivity contribution in [2.45, 2.75) is 25.9 Å². The Kier molecular flexibility index (Phi) is 4.02. The molecule has 2 atom stereocenters. The molecule has 0 radical (unpaired) electrons. The van der Waals surface area contributed by atoms with Crippen LogP contribution in [0.2, 0.25) is 0 Å². The molecular formula is C18H19N3O. The van der Waals surface area contributed by atoms with Crippen LogP contribution in [0.3, 0.4) is 0 Å². The summed E-state index contributed by atoms with van der Waals surface area (Å²) < 4.78 is 0. The number of nitrogens with zero attached hydrogens (tertiary/aromatic N) is 1. The molecule has 4 heteroatoms. The molecule has 3 rings (SSSR count). The van der Waals surface area contributed by atoms with Gasteiger partial charge in [0, 0.05) is 6.04 Å². The van der Waals surface area contributed by atoms with E-state index in [9.17, 15) is 4.79 Å². The van der Waals surface area contributed by atoms with Gasteiger partial charge in [0.2, 0.25) is 0 Å². The van der Waals surface area contributed by atoms with Crippen molar-refractivity contribution in [3.05, 3.63) is 76.3 Å². The minimum atomic E-state index is -0.0957. The molecule has 0 aliphatic rings. The first kappa shape index (κ1) is 14.5. The highest BCUT2D eigenvalue weighted by molar-refractivity contribution is 5.77. The monoisotopic (exact) mass is 293 g/mol. The average molecular weight is 293 g/mol. The summed E-state index contributed by atoms with van der Waals surface area (Å²) in [4.78, 5) is 19.6. The lowest BCUT2D eigenvalue weighted by Crippen LogP contribution is -2.26. The van der Waals surface area contributed by atoms with Gasteiger partial charge in [0.25, 0.3) is 5.56 Å². The third-order valence-electron chi connectivity index (χ3n) is 3.84. The van der Waals surface area contributed by atoms with Gasteiger partial charge in [0.15, 0.2) is 0 Å². The zero-order valence-corrected chi connectivity index (χ0v) is 12.7. The van der Waals surface area contributed by atoms with Gasteiger partial charge in [-0.2, -0.15) is 0 Å². The van der Waals surface area contributed by atoms with Gasteiger partial charge in [-0.05, 0) is 31.5 Å². The van der Waals surface area contributed by atoms with Crippen molar-refractivity contribution in [3.8, 4) is 0 Å². The van der Waals surface area contributed by atoms with Crippen LogP contribution < -0.4 is 10.9 Å². The number of fused-ring (bicyclic) bond motifs is 1. The largest absolute Gasteiger partial charge is 0.309 e. The number of hydrogen-bond donors (Lipinski definition) is 2. The minimum Gasteiger partial charge on any atom is -0.309 e. The standard InChI is InChI=1S/C18H19N3O/c1-12(14-8-4-3-5-9-14)19-13(2)17-20-16-11-7-6-10-15(16)18(22)21-17/h3-13,19H,1-2H3,(H,20,21,22)/t12-,13-/m0/s1. The first-order valence-corrected chi connectivity index (χ1v) is 7.45. The lowest BCUT2D eigenvalue weighted by atomic mass is 10.1. The molecule has 4 nitrogen and oxygen atoms in total. The molecule has 2 aromatic carbocycles. The maximum absolute atomic E-state index is 12.1. The number of hydrogen-bond acceptors (Lipinski definition) is 3. The summed E-state index contributed by atoms with van der Waals surface area (Å²) in [6.45, 7) is 4.11. The average Bonchev–Trinajstić information content (AvgIpc) is 2.55. The van der Waals surface area contributed by atoms with E-state index in [0.29, 0.717) is 11.2 Å². The first-order chi connectivity index (χ1) is 10.6. The van der Waals surface area contributed by atoms with E-state index in [1.807, 2.05) is 43.3 Å². The van der Waals surface area contributed by atoms with E-state index in [0.717, 1.165) is 5.52 Å². The maximum Gasteiger partial charge on any atom is 0.258 e. The Hall–Kier alpha value is -2.46. The topological polar surface area (TPSA) is 57.8 Å². The molecule has 112 valence electrons. The highest BCUT2D eigenvalue weighted by Crippen LogP contribution is 2.17. The van der Waals surface area contributed by atoms with E-state index in [2.05, 4.69) is 34.3 Å². The SMILES string of the molecule is C[C@H](N[C@@H](C)c1nc2ccccc2c(=O)[nH]1)c1ccccc1. The van der Waals surface area contributed by atoms with Crippen LogP contribution in [0.25, 0.3) is 10.9 Å². The van der Waals surface area contributed by atoms with Gasteiger partial charge in [-0.3, -0.25) is 4.79 Å². The lowest BCUT2D eigenvalue weighted by Gasteiger charge is -2.20. The molecule has 1 heterocycles. The van der Waals surface area contributed by atoms with Crippen molar-refractivity contribution < 1.29 is 0 Å². The number of H-pyrrole nitrogens is 1. The number of aromatic nitrogens is 2. The fourth-order valence-corrected chi connectivity index (χ4v) is 2.60. The summed E-state index contributed by atoms with van der Waals surface area (Å²) in [5, 5.41) is 4.09. The Morgan fingerprint density at radius 2 is 1.64 bits per heavy atom. The molecule has 0 saturated carbocycles. The normalized spacial score (nSPS) is 13.9.